The summed E-state index contributed by atoms with van der Waals surface area (Å²) in [6.45, 7) is 0. The average Bonchev–Trinajstić information content (AvgIpc) is 2.88. The van der Waals surface area contributed by atoms with Crippen LogP contribution in [-0.2, 0) is 0 Å². The maximum Gasteiger partial charge on any atom is 0.272 e. The lowest BCUT2D eigenvalue weighted by atomic mass is 10.1. The number of hydrogen-bond acceptors (Lipinski definition) is 4. The van der Waals surface area contributed by atoms with Crippen LogP contribution in [0.5, 0.6) is 0 Å². The van der Waals surface area contributed by atoms with Crippen molar-refractivity contribution in [1.82, 2.24) is 10.4 Å². The van der Waals surface area contributed by atoms with Gasteiger partial charge < -0.3 is 0 Å². The molecule has 1 amide bonds. The third kappa shape index (κ3) is 2.10. The molecule has 3 aromatic rings. The molecule has 0 aliphatic heterocycles. The Morgan fingerprint density at radius 3 is 2.52 bits per heavy atom. The second-order valence-electron chi connectivity index (χ2n) is 5.18. The monoisotopic (exact) mass is 301 g/mol. The van der Waals surface area contributed by atoms with Crippen LogP contribution in [0, 0.1) is 0 Å². The van der Waals surface area contributed by atoms with E-state index in [0.29, 0.717) is 11.1 Å². The molecule has 1 N–H and O–H groups in total. The molecular weight excluding hydrogens is 290 g/mol. The molecule has 1 aliphatic carbocycles. The van der Waals surface area contributed by atoms with Crippen molar-refractivity contribution in [2.45, 2.75) is 0 Å². The number of hydrogen-bond donors (Lipinski definition) is 1. The van der Waals surface area contributed by atoms with Gasteiger partial charge in [-0.25, -0.2) is 5.43 Å². The Morgan fingerprint density at radius 1 is 1.00 bits per heavy atom. The van der Waals surface area contributed by atoms with Gasteiger partial charge >= 0.3 is 0 Å². The third-order valence-electron chi connectivity index (χ3n) is 3.81. The van der Waals surface area contributed by atoms with Crippen molar-refractivity contribution < 1.29 is 9.59 Å². The van der Waals surface area contributed by atoms with Crippen molar-refractivity contribution in [2.75, 3.05) is 0 Å². The van der Waals surface area contributed by atoms with Crippen LogP contribution in [0.2, 0.25) is 0 Å². The lowest BCUT2D eigenvalue weighted by Crippen LogP contribution is -2.22. The van der Waals surface area contributed by atoms with E-state index in [1.54, 1.807) is 24.4 Å². The van der Waals surface area contributed by atoms with E-state index in [-0.39, 0.29) is 11.5 Å². The van der Waals surface area contributed by atoms with E-state index < -0.39 is 5.91 Å². The normalized spacial score (nSPS) is 14.4. The zero-order chi connectivity index (χ0) is 15.8. The summed E-state index contributed by atoms with van der Waals surface area (Å²) in [6.07, 6.45) is 3.03. The first-order valence-corrected chi connectivity index (χ1v) is 7.10. The van der Waals surface area contributed by atoms with Gasteiger partial charge in [0, 0.05) is 28.9 Å². The minimum Gasteiger partial charge on any atom is -0.287 e. The molecule has 0 saturated heterocycles. The molecule has 0 spiro atoms. The van der Waals surface area contributed by atoms with Crippen LogP contribution < -0.4 is 5.43 Å². The smallest absolute Gasteiger partial charge is 0.272 e. The molecule has 1 heterocycles. The van der Waals surface area contributed by atoms with Crippen LogP contribution in [0.3, 0.4) is 0 Å². The first kappa shape index (κ1) is 13.3. The fourth-order valence-corrected chi connectivity index (χ4v) is 2.76. The molecule has 2 aromatic carbocycles. The molecule has 5 nitrogen and oxygen atoms in total. The Labute approximate surface area is 131 Å². The molecule has 0 saturated carbocycles. The SMILES string of the molecule is O=C(NN=C1C(=O)c2cccc3cccc1c23)c1cccnc1. The van der Waals surface area contributed by atoms with Gasteiger partial charge in [0.15, 0.2) is 0 Å². The summed E-state index contributed by atoms with van der Waals surface area (Å²) in [5.74, 6) is -0.579. The van der Waals surface area contributed by atoms with Crippen LogP contribution in [0.25, 0.3) is 10.8 Å². The topological polar surface area (TPSA) is 71.4 Å². The van der Waals surface area contributed by atoms with E-state index in [1.165, 1.54) is 6.20 Å². The maximum absolute atomic E-state index is 12.5. The number of benzene rings is 2. The van der Waals surface area contributed by atoms with Crippen LogP contribution in [0.15, 0.2) is 66.0 Å². The number of Topliss-reactive ketones (excluding diaryl/α,β-unsaturated/α-hetero) is 1. The number of carbonyl (C=O) groups is 2. The number of rotatable bonds is 2. The number of nitrogens with zero attached hydrogens (tertiary/aromatic N) is 2. The van der Waals surface area contributed by atoms with E-state index in [0.717, 1.165) is 16.3 Å². The van der Waals surface area contributed by atoms with Crippen molar-refractivity contribution in [2.24, 2.45) is 5.10 Å². The number of hydrazone groups is 1. The Balaban J connectivity index is 1.73. The predicted octanol–water partition coefficient (Wildman–Crippen LogP) is 2.57. The Morgan fingerprint density at radius 2 is 1.78 bits per heavy atom. The second-order valence-corrected chi connectivity index (χ2v) is 5.18. The van der Waals surface area contributed by atoms with Crippen LogP contribution in [0.4, 0.5) is 0 Å². The number of nitrogens with one attached hydrogen (secondary N) is 1. The van der Waals surface area contributed by atoms with E-state index in [1.807, 2.05) is 30.3 Å². The highest BCUT2D eigenvalue weighted by atomic mass is 16.2. The Bertz CT molecular complexity index is 973. The largest absolute Gasteiger partial charge is 0.287 e. The average molecular weight is 301 g/mol. The summed E-state index contributed by atoms with van der Waals surface area (Å²) in [6, 6.07) is 14.5. The molecule has 110 valence electrons. The molecule has 0 bridgehead atoms. The van der Waals surface area contributed by atoms with Crippen molar-refractivity contribution in [3.05, 3.63) is 77.6 Å². The molecule has 1 aliphatic rings. The molecule has 4 rings (SSSR count). The van der Waals surface area contributed by atoms with Crippen LogP contribution in [0.1, 0.15) is 26.3 Å². The number of carbonyl (C=O) groups excluding carboxylic acids is 2. The second kappa shape index (κ2) is 5.14. The highest BCUT2D eigenvalue weighted by Crippen LogP contribution is 2.30. The lowest BCUT2D eigenvalue weighted by molar-refractivity contribution is 0.0954. The summed E-state index contributed by atoms with van der Waals surface area (Å²) in [7, 11) is 0. The van der Waals surface area contributed by atoms with Crippen LogP contribution in [-0.4, -0.2) is 22.4 Å². The summed E-state index contributed by atoms with van der Waals surface area (Å²) in [5, 5.41) is 5.93. The predicted molar refractivity (Wildman–Crippen MR) is 86.5 cm³/mol. The van der Waals surface area contributed by atoms with Gasteiger partial charge in [-0.2, -0.15) is 5.10 Å². The van der Waals surface area contributed by atoms with Gasteiger partial charge in [-0.3, -0.25) is 14.6 Å². The molecule has 0 fully saturated rings. The highest BCUT2D eigenvalue weighted by Gasteiger charge is 2.28. The van der Waals surface area contributed by atoms with Gasteiger partial charge in [0.25, 0.3) is 5.91 Å². The Kier molecular flexibility index (Phi) is 2.98. The van der Waals surface area contributed by atoms with Crippen molar-refractivity contribution >= 4 is 28.2 Å². The standard InChI is InChI=1S/C18H11N3O2/c22-17-14-8-2-5-11-4-1-7-13(15(11)14)16(17)20-21-18(23)12-6-3-9-19-10-12/h1-10H,(H,21,23). The molecule has 1 aromatic heterocycles. The molecule has 0 unspecified atom stereocenters. The molecule has 5 heteroatoms. The van der Waals surface area contributed by atoms with Crippen molar-refractivity contribution in [1.29, 1.82) is 0 Å². The fourth-order valence-electron chi connectivity index (χ4n) is 2.76. The summed E-state index contributed by atoms with van der Waals surface area (Å²) in [5.41, 5.74) is 4.45. The molecule has 0 atom stereocenters. The van der Waals surface area contributed by atoms with Gasteiger partial charge in [-0.05, 0) is 17.5 Å². The minimum absolute atomic E-state index is 0.178. The highest BCUT2D eigenvalue weighted by molar-refractivity contribution is 6.59. The van der Waals surface area contributed by atoms with E-state index >= 15 is 0 Å². The zero-order valence-electron chi connectivity index (χ0n) is 12.0. The summed E-state index contributed by atoms with van der Waals surface area (Å²) >= 11 is 0. The van der Waals surface area contributed by atoms with E-state index in [2.05, 4.69) is 15.5 Å². The molecular formula is C18H11N3O2. The lowest BCUT2D eigenvalue weighted by Gasteiger charge is -2.01. The summed E-state index contributed by atoms with van der Waals surface area (Å²) in [4.78, 5) is 28.5. The first-order valence-electron chi connectivity index (χ1n) is 7.10. The van der Waals surface area contributed by atoms with Gasteiger partial charge in [0.2, 0.25) is 5.78 Å². The maximum atomic E-state index is 12.5. The minimum atomic E-state index is -0.401. The number of aromatic nitrogens is 1. The third-order valence-corrected chi connectivity index (χ3v) is 3.81. The number of ketones is 1. The van der Waals surface area contributed by atoms with Gasteiger partial charge in [0.05, 0.1) is 5.56 Å². The van der Waals surface area contributed by atoms with Crippen molar-refractivity contribution in [3.8, 4) is 0 Å². The van der Waals surface area contributed by atoms with Crippen LogP contribution >= 0.6 is 0 Å². The van der Waals surface area contributed by atoms with Crippen molar-refractivity contribution in [3.63, 3.8) is 0 Å². The van der Waals surface area contributed by atoms with E-state index in [4.69, 9.17) is 0 Å². The zero-order valence-corrected chi connectivity index (χ0v) is 12.0. The molecule has 23 heavy (non-hydrogen) atoms. The number of pyridine rings is 1. The van der Waals surface area contributed by atoms with Gasteiger partial charge in [0.1, 0.15) is 5.71 Å². The molecule has 0 radical (unpaired) electrons. The Hall–Kier alpha value is -3.34. The number of amides is 1. The quantitative estimate of drug-likeness (QED) is 0.739. The van der Waals surface area contributed by atoms with Gasteiger partial charge in [-0.1, -0.05) is 36.4 Å². The van der Waals surface area contributed by atoms with Gasteiger partial charge in [-0.15, -0.1) is 0 Å². The summed E-state index contributed by atoms with van der Waals surface area (Å²) < 4.78 is 0. The first-order chi connectivity index (χ1) is 11.3. The fraction of sp³-hybridized carbons (Fsp3) is 0. The van der Waals surface area contributed by atoms with E-state index in [9.17, 15) is 9.59 Å².